The summed E-state index contributed by atoms with van der Waals surface area (Å²) in [6.07, 6.45) is 0.544. The molecule has 0 fully saturated rings. The molecule has 1 N–H and O–H groups in total. The fourth-order valence-corrected chi connectivity index (χ4v) is 3.89. The molecule has 1 atom stereocenters. The number of nitrogens with one attached hydrogen (secondary N) is 1. The maximum absolute atomic E-state index is 14.5. The summed E-state index contributed by atoms with van der Waals surface area (Å²) in [5.74, 6) is -2.55. The molecule has 2 amide bonds. The normalized spacial score (nSPS) is 16.2. The molecule has 1 aliphatic rings. The Hall–Kier alpha value is -3.48. The van der Waals surface area contributed by atoms with Gasteiger partial charge in [0.15, 0.2) is 0 Å². The minimum Gasteiger partial charge on any atom is -0.463 e. The third kappa shape index (κ3) is 5.41. The number of hydrogen-bond donors (Lipinski definition) is 1. The Morgan fingerprint density at radius 1 is 1.12 bits per heavy atom. The van der Waals surface area contributed by atoms with Crippen LogP contribution in [0.5, 0.6) is 0 Å². The summed E-state index contributed by atoms with van der Waals surface area (Å²) in [5.41, 5.74) is 1.87. The average Bonchev–Trinajstić information content (AvgIpc) is 2.77. The maximum Gasteiger partial charge on any atom is 0.336 e. The largest absolute Gasteiger partial charge is 0.463 e. The van der Waals surface area contributed by atoms with Crippen LogP contribution in [0.2, 0.25) is 0 Å². The van der Waals surface area contributed by atoms with E-state index >= 15 is 0 Å². The number of carbonyl (C=O) groups is 3. The van der Waals surface area contributed by atoms with E-state index in [1.54, 1.807) is 32.0 Å². The minimum atomic E-state index is -0.764. The summed E-state index contributed by atoms with van der Waals surface area (Å²) in [6, 6.07) is 15.8. The first-order valence-corrected chi connectivity index (χ1v) is 10.7. The fourth-order valence-electron chi connectivity index (χ4n) is 3.89. The molecule has 0 radical (unpaired) electrons. The number of amides is 2. The quantitative estimate of drug-likeness (QED) is 0.642. The van der Waals surface area contributed by atoms with E-state index in [4.69, 9.17) is 4.74 Å². The maximum atomic E-state index is 14.5. The van der Waals surface area contributed by atoms with Crippen molar-refractivity contribution in [3.8, 4) is 0 Å². The molecule has 0 aliphatic carbocycles. The van der Waals surface area contributed by atoms with Crippen molar-refractivity contribution in [2.24, 2.45) is 0 Å². The van der Waals surface area contributed by atoms with Crippen molar-refractivity contribution in [1.82, 2.24) is 10.2 Å². The number of nitrogens with zero attached hydrogens (tertiary/aromatic N) is 1. The van der Waals surface area contributed by atoms with Crippen LogP contribution in [0.4, 0.5) is 4.39 Å². The van der Waals surface area contributed by atoms with E-state index in [1.165, 1.54) is 11.0 Å². The zero-order valence-electron chi connectivity index (χ0n) is 18.3. The number of rotatable bonds is 8. The Kier molecular flexibility index (Phi) is 7.76. The van der Waals surface area contributed by atoms with Gasteiger partial charge in [0.1, 0.15) is 12.4 Å². The van der Waals surface area contributed by atoms with E-state index in [-0.39, 0.29) is 42.5 Å². The van der Waals surface area contributed by atoms with Gasteiger partial charge in [-0.1, -0.05) is 48.5 Å². The van der Waals surface area contributed by atoms with Crippen LogP contribution in [0.25, 0.3) is 0 Å². The molecule has 32 heavy (non-hydrogen) atoms. The molecule has 0 saturated heterocycles. The smallest absolute Gasteiger partial charge is 0.336 e. The van der Waals surface area contributed by atoms with Crippen molar-refractivity contribution >= 4 is 17.8 Å². The summed E-state index contributed by atoms with van der Waals surface area (Å²) in [6.45, 7) is 3.63. The van der Waals surface area contributed by atoms with Gasteiger partial charge in [-0.05, 0) is 37.5 Å². The van der Waals surface area contributed by atoms with Crippen LogP contribution in [-0.4, -0.2) is 42.4 Å². The van der Waals surface area contributed by atoms with E-state index in [2.05, 4.69) is 5.32 Å². The molecular formula is C25H27FN2O4. The Labute approximate surface area is 187 Å². The third-order valence-corrected chi connectivity index (χ3v) is 5.48. The Morgan fingerprint density at radius 3 is 2.50 bits per heavy atom. The number of hydrogen-bond acceptors (Lipinski definition) is 4. The number of allylic oxidation sites excluding steroid dienone is 1. The first kappa shape index (κ1) is 23.2. The summed E-state index contributed by atoms with van der Waals surface area (Å²) in [5, 5.41) is 2.81. The van der Waals surface area contributed by atoms with Gasteiger partial charge in [0, 0.05) is 24.6 Å². The SMILES string of the molecule is CCOC(=O)C1=C(C)N(CC(=O)NCCc2ccccc2)C(=O)CC1c1ccccc1F. The minimum absolute atomic E-state index is 0.121. The van der Waals surface area contributed by atoms with Gasteiger partial charge in [-0.3, -0.25) is 9.59 Å². The summed E-state index contributed by atoms with van der Waals surface area (Å²) < 4.78 is 19.7. The van der Waals surface area contributed by atoms with Crippen molar-refractivity contribution in [2.75, 3.05) is 19.7 Å². The Morgan fingerprint density at radius 2 is 1.81 bits per heavy atom. The van der Waals surface area contributed by atoms with Crippen molar-refractivity contribution in [2.45, 2.75) is 32.6 Å². The molecule has 1 unspecified atom stereocenters. The van der Waals surface area contributed by atoms with E-state index < -0.39 is 17.7 Å². The molecule has 1 aliphatic heterocycles. The van der Waals surface area contributed by atoms with Crippen molar-refractivity contribution in [3.63, 3.8) is 0 Å². The Balaban J connectivity index is 1.78. The van der Waals surface area contributed by atoms with Gasteiger partial charge in [-0.2, -0.15) is 0 Å². The number of ether oxygens (including phenoxy) is 1. The molecule has 0 saturated carbocycles. The zero-order chi connectivity index (χ0) is 23.1. The van der Waals surface area contributed by atoms with Gasteiger partial charge in [0.2, 0.25) is 11.8 Å². The average molecular weight is 438 g/mol. The van der Waals surface area contributed by atoms with Crippen LogP contribution in [-0.2, 0) is 25.5 Å². The summed E-state index contributed by atoms with van der Waals surface area (Å²) in [4.78, 5) is 39.4. The molecule has 2 aromatic carbocycles. The first-order chi connectivity index (χ1) is 15.4. The van der Waals surface area contributed by atoms with Gasteiger partial charge in [0.25, 0.3) is 0 Å². The number of halogens is 1. The molecule has 1 heterocycles. The van der Waals surface area contributed by atoms with Crippen LogP contribution in [0.1, 0.15) is 37.3 Å². The van der Waals surface area contributed by atoms with E-state index in [0.29, 0.717) is 18.7 Å². The topological polar surface area (TPSA) is 75.7 Å². The lowest BCUT2D eigenvalue weighted by molar-refractivity contribution is -0.141. The van der Waals surface area contributed by atoms with Gasteiger partial charge < -0.3 is 15.0 Å². The highest BCUT2D eigenvalue weighted by atomic mass is 19.1. The monoisotopic (exact) mass is 438 g/mol. The molecule has 168 valence electrons. The molecule has 0 aromatic heterocycles. The predicted octanol–water partition coefficient (Wildman–Crippen LogP) is 3.34. The highest BCUT2D eigenvalue weighted by Gasteiger charge is 2.38. The van der Waals surface area contributed by atoms with Crippen molar-refractivity contribution in [1.29, 1.82) is 0 Å². The van der Waals surface area contributed by atoms with Gasteiger partial charge >= 0.3 is 5.97 Å². The molecule has 2 aromatic rings. The molecule has 0 spiro atoms. The van der Waals surface area contributed by atoms with Gasteiger partial charge in [-0.25, -0.2) is 9.18 Å². The van der Waals surface area contributed by atoms with Crippen LogP contribution in [0.3, 0.4) is 0 Å². The summed E-state index contributed by atoms with van der Waals surface area (Å²) >= 11 is 0. The second-order valence-electron chi connectivity index (χ2n) is 7.56. The standard InChI is InChI=1S/C25H27FN2O4/c1-3-32-25(31)24-17(2)28(16-22(29)27-14-13-18-9-5-4-6-10-18)23(30)15-20(24)19-11-7-8-12-21(19)26/h4-12,20H,3,13-16H2,1-2H3,(H,27,29). The van der Waals surface area contributed by atoms with E-state index in [0.717, 1.165) is 5.56 Å². The molecule has 0 bridgehead atoms. The van der Waals surface area contributed by atoms with Gasteiger partial charge in [-0.15, -0.1) is 0 Å². The van der Waals surface area contributed by atoms with Gasteiger partial charge in [0.05, 0.1) is 12.2 Å². The lowest BCUT2D eigenvalue weighted by Gasteiger charge is -2.34. The molecule has 7 heteroatoms. The zero-order valence-corrected chi connectivity index (χ0v) is 18.3. The fraction of sp³-hybridized carbons (Fsp3) is 0.320. The highest BCUT2D eigenvalue weighted by molar-refractivity contribution is 5.97. The number of esters is 1. The van der Waals surface area contributed by atoms with Crippen LogP contribution < -0.4 is 5.32 Å². The van der Waals surface area contributed by atoms with E-state index in [1.807, 2.05) is 30.3 Å². The second kappa shape index (κ2) is 10.7. The first-order valence-electron chi connectivity index (χ1n) is 10.7. The Bertz CT molecular complexity index is 1020. The third-order valence-electron chi connectivity index (χ3n) is 5.48. The van der Waals surface area contributed by atoms with Crippen LogP contribution in [0, 0.1) is 5.82 Å². The molecule has 6 nitrogen and oxygen atoms in total. The lowest BCUT2D eigenvalue weighted by Crippen LogP contribution is -2.44. The van der Waals surface area contributed by atoms with E-state index in [9.17, 15) is 18.8 Å². The second-order valence-corrected chi connectivity index (χ2v) is 7.56. The molecular weight excluding hydrogens is 411 g/mol. The lowest BCUT2D eigenvalue weighted by atomic mass is 9.83. The number of carbonyl (C=O) groups excluding carboxylic acids is 3. The highest BCUT2D eigenvalue weighted by Crippen LogP contribution is 2.37. The number of benzene rings is 2. The summed E-state index contributed by atoms with van der Waals surface area (Å²) in [7, 11) is 0. The van der Waals surface area contributed by atoms with Crippen LogP contribution in [0.15, 0.2) is 65.9 Å². The van der Waals surface area contributed by atoms with Crippen molar-refractivity contribution < 1.29 is 23.5 Å². The van der Waals surface area contributed by atoms with Crippen LogP contribution >= 0.6 is 0 Å². The van der Waals surface area contributed by atoms with Crippen molar-refractivity contribution in [3.05, 3.63) is 82.8 Å². The predicted molar refractivity (Wildman–Crippen MR) is 118 cm³/mol. The molecule has 3 rings (SSSR count).